The Morgan fingerprint density at radius 3 is 2.84 bits per heavy atom. The second-order valence-corrected chi connectivity index (χ2v) is 9.07. The van der Waals surface area contributed by atoms with Gasteiger partial charge in [-0.1, -0.05) is 0 Å². The van der Waals surface area contributed by atoms with Gasteiger partial charge in [-0.05, 0) is 76.3 Å². The van der Waals surface area contributed by atoms with Gasteiger partial charge in [-0.25, -0.2) is 4.79 Å². The highest BCUT2D eigenvalue weighted by atomic mass is 16.5. The molecule has 4 rings (SSSR count). The maximum atomic E-state index is 12.7. The van der Waals surface area contributed by atoms with Crippen molar-refractivity contribution in [2.24, 2.45) is 0 Å². The van der Waals surface area contributed by atoms with Crippen LogP contribution in [0.4, 0.5) is 0 Å². The van der Waals surface area contributed by atoms with E-state index in [0.717, 1.165) is 53.7 Å². The second kappa shape index (κ2) is 8.25. The molecular formula is C25H29NO5. The number of hydrogen-bond acceptors (Lipinski definition) is 5. The summed E-state index contributed by atoms with van der Waals surface area (Å²) in [5.41, 5.74) is 2.08. The van der Waals surface area contributed by atoms with Crippen molar-refractivity contribution in [3.63, 3.8) is 0 Å². The monoisotopic (exact) mass is 423 g/mol. The molecule has 0 aliphatic carbocycles. The van der Waals surface area contributed by atoms with E-state index in [1.54, 1.807) is 12.3 Å². The number of ether oxygens (including phenoxy) is 1. The topological polar surface area (TPSA) is 81.7 Å². The van der Waals surface area contributed by atoms with E-state index in [4.69, 9.17) is 13.6 Å². The summed E-state index contributed by atoms with van der Waals surface area (Å²) >= 11 is 0. The fourth-order valence-electron chi connectivity index (χ4n) is 4.11. The summed E-state index contributed by atoms with van der Waals surface area (Å²) in [6.07, 6.45) is 4.97. The van der Waals surface area contributed by atoms with E-state index in [0.29, 0.717) is 11.1 Å². The minimum atomic E-state index is -0.474. The van der Waals surface area contributed by atoms with Gasteiger partial charge in [0.2, 0.25) is 5.91 Å². The number of benzene rings is 1. The van der Waals surface area contributed by atoms with Crippen molar-refractivity contribution in [3.05, 3.63) is 63.4 Å². The van der Waals surface area contributed by atoms with Crippen LogP contribution in [0, 0.1) is 6.92 Å². The zero-order chi connectivity index (χ0) is 22.2. The minimum Gasteiger partial charge on any atom is -0.487 e. The quantitative estimate of drug-likeness (QED) is 0.591. The number of carbonyl (C=O) groups excluding carboxylic acids is 1. The molecule has 6 nitrogen and oxygen atoms in total. The predicted molar refractivity (Wildman–Crippen MR) is 119 cm³/mol. The van der Waals surface area contributed by atoms with Gasteiger partial charge in [-0.15, -0.1) is 0 Å². The van der Waals surface area contributed by atoms with Crippen LogP contribution in [0.15, 0.2) is 44.2 Å². The molecule has 6 heteroatoms. The van der Waals surface area contributed by atoms with E-state index in [9.17, 15) is 9.59 Å². The average molecular weight is 424 g/mol. The third-order valence-electron chi connectivity index (χ3n) is 6.00. The molecule has 1 aliphatic heterocycles. The second-order valence-electron chi connectivity index (χ2n) is 9.07. The van der Waals surface area contributed by atoms with Crippen molar-refractivity contribution in [2.45, 2.75) is 71.4 Å². The lowest BCUT2D eigenvalue weighted by Gasteiger charge is -2.32. The van der Waals surface area contributed by atoms with Gasteiger partial charge < -0.3 is 18.9 Å². The SMILES string of the molecule is Cc1c(CC(=O)N[C@@H](C)CCc2ccco2)c(=O)oc2cc3c(cc12)CCC(C)(C)O3. The summed E-state index contributed by atoms with van der Waals surface area (Å²) < 4.78 is 17.0. The summed E-state index contributed by atoms with van der Waals surface area (Å²) in [4.78, 5) is 25.2. The van der Waals surface area contributed by atoms with E-state index >= 15 is 0 Å². The van der Waals surface area contributed by atoms with Crippen molar-refractivity contribution in [1.29, 1.82) is 0 Å². The van der Waals surface area contributed by atoms with E-state index < -0.39 is 5.63 Å². The number of aryl methyl sites for hydroxylation is 3. The molecule has 0 fully saturated rings. The first-order chi connectivity index (χ1) is 14.7. The van der Waals surface area contributed by atoms with E-state index in [1.807, 2.05) is 32.0 Å². The Morgan fingerprint density at radius 2 is 2.10 bits per heavy atom. The third kappa shape index (κ3) is 4.68. The van der Waals surface area contributed by atoms with E-state index in [2.05, 4.69) is 19.2 Å². The highest BCUT2D eigenvalue weighted by molar-refractivity contribution is 5.86. The van der Waals surface area contributed by atoms with Gasteiger partial charge in [-0.2, -0.15) is 0 Å². The summed E-state index contributed by atoms with van der Waals surface area (Å²) in [5.74, 6) is 1.47. The Morgan fingerprint density at radius 1 is 1.29 bits per heavy atom. The van der Waals surface area contributed by atoms with Gasteiger partial charge in [0.1, 0.15) is 22.7 Å². The van der Waals surface area contributed by atoms with Crippen LogP contribution < -0.4 is 15.7 Å². The maximum Gasteiger partial charge on any atom is 0.340 e. The molecule has 3 aromatic rings. The molecule has 1 N–H and O–H groups in total. The van der Waals surface area contributed by atoms with Crippen LogP contribution in [-0.2, 0) is 24.1 Å². The first kappa shape index (κ1) is 21.2. The Hall–Kier alpha value is -3.02. The molecule has 0 saturated heterocycles. The first-order valence-corrected chi connectivity index (χ1v) is 10.8. The number of rotatable bonds is 6. The number of carbonyl (C=O) groups is 1. The molecule has 1 amide bonds. The largest absolute Gasteiger partial charge is 0.487 e. The maximum absolute atomic E-state index is 12.7. The average Bonchev–Trinajstić information content (AvgIpc) is 3.21. The number of nitrogens with one attached hydrogen (secondary N) is 1. The Labute approximate surface area is 181 Å². The molecule has 31 heavy (non-hydrogen) atoms. The molecule has 0 saturated carbocycles. The molecule has 0 unspecified atom stereocenters. The van der Waals surface area contributed by atoms with Crippen molar-refractivity contribution in [1.82, 2.24) is 5.32 Å². The van der Waals surface area contributed by atoms with E-state index in [-0.39, 0.29) is 24.0 Å². The standard InChI is InChI=1S/C25H29NO5/c1-15(7-8-18-6-5-11-29-18)26-23(27)13-20-16(2)19-12-17-9-10-25(3,4)31-21(17)14-22(19)30-24(20)28/h5-6,11-12,14-15H,7-10,13H2,1-4H3,(H,26,27)/t15-/m0/s1. The highest BCUT2D eigenvalue weighted by Crippen LogP contribution is 2.36. The number of hydrogen-bond donors (Lipinski definition) is 1. The van der Waals surface area contributed by atoms with Gasteiger partial charge in [0.15, 0.2) is 0 Å². The predicted octanol–water partition coefficient (Wildman–Crippen LogP) is 4.48. The van der Waals surface area contributed by atoms with Crippen LogP contribution in [0.2, 0.25) is 0 Å². The van der Waals surface area contributed by atoms with Gasteiger partial charge >= 0.3 is 5.63 Å². The zero-order valence-electron chi connectivity index (χ0n) is 18.5. The number of amides is 1. The molecule has 3 heterocycles. The van der Waals surface area contributed by atoms with Crippen molar-refractivity contribution in [2.75, 3.05) is 0 Å². The van der Waals surface area contributed by atoms with Crippen LogP contribution in [-0.4, -0.2) is 17.6 Å². The Balaban J connectivity index is 1.51. The van der Waals surface area contributed by atoms with Crippen molar-refractivity contribution >= 4 is 16.9 Å². The molecule has 1 aliphatic rings. The minimum absolute atomic E-state index is 0.00415. The number of furan rings is 1. The molecule has 0 spiro atoms. The molecule has 1 atom stereocenters. The molecule has 2 aromatic heterocycles. The van der Waals surface area contributed by atoms with Crippen LogP contribution in [0.3, 0.4) is 0 Å². The van der Waals surface area contributed by atoms with Gasteiger partial charge in [0, 0.05) is 23.9 Å². The van der Waals surface area contributed by atoms with Crippen molar-refractivity contribution < 1.29 is 18.4 Å². The lowest BCUT2D eigenvalue weighted by Crippen LogP contribution is -2.35. The highest BCUT2D eigenvalue weighted by Gasteiger charge is 2.28. The van der Waals surface area contributed by atoms with E-state index in [1.165, 1.54) is 0 Å². The molecular weight excluding hydrogens is 394 g/mol. The Kier molecular flexibility index (Phi) is 5.65. The van der Waals surface area contributed by atoms with Gasteiger partial charge in [0.05, 0.1) is 18.2 Å². The van der Waals surface area contributed by atoms with Crippen LogP contribution in [0.5, 0.6) is 5.75 Å². The first-order valence-electron chi connectivity index (χ1n) is 10.8. The zero-order valence-corrected chi connectivity index (χ0v) is 18.5. The van der Waals surface area contributed by atoms with Gasteiger partial charge in [0.25, 0.3) is 0 Å². The smallest absolute Gasteiger partial charge is 0.340 e. The molecule has 1 aromatic carbocycles. The number of fused-ring (bicyclic) bond motifs is 2. The van der Waals surface area contributed by atoms with Crippen LogP contribution >= 0.6 is 0 Å². The lowest BCUT2D eigenvalue weighted by molar-refractivity contribution is -0.121. The molecule has 164 valence electrons. The van der Waals surface area contributed by atoms with Crippen LogP contribution in [0.1, 0.15) is 56.1 Å². The molecule has 0 bridgehead atoms. The Bertz CT molecular complexity index is 1160. The van der Waals surface area contributed by atoms with Crippen LogP contribution in [0.25, 0.3) is 11.0 Å². The fourth-order valence-corrected chi connectivity index (χ4v) is 4.11. The van der Waals surface area contributed by atoms with Gasteiger partial charge in [-0.3, -0.25) is 4.79 Å². The normalized spacial score (nSPS) is 15.9. The summed E-state index contributed by atoms with van der Waals surface area (Å²) in [5, 5.41) is 3.83. The summed E-state index contributed by atoms with van der Waals surface area (Å²) in [6.45, 7) is 7.93. The summed E-state index contributed by atoms with van der Waals surface area (Å²) in [7, 11) is 0. The molecule has 0 radical (unpaired) electrons. The summed E-state index contributed by atoms with van der Waals surface area (Å²) in [6, 6.07) is 7.58. The van der Waals surface area contributed by atoms with Crippen molar-refractivity contribution in [3.8, 4) is 5.75 Å². The third-order valence-corrected chi connectivity index (χ3v) is 6.00. The fraction of sp³-hybridized carbons (Fsp3) is 0.440. The lowest BCUT2D eigenvalue weighted by atomic mass is 9.92.